The van der Waals surface area contributed by atoms with Gasteiger partial charge in [0.2, 0.25) is 0 Å². The topological polar surface area (TPSA) is 57.7 Å². The van der Waals surface area contributed by atoms with Crippen LogP contribution in [0.1, 0.15) is 22.3 Å². The maximum Gasteiger partial charge on any atom is 0.266 e. The van der Waals surface area contributed by atoms with Crippen LogP contribution in [0.4, 0.5) is 5.69 Å². The highest BCUT2D eigenvalue weighted by atomic mass is 35.5. The molecular weight excluding hydrogens is 420 g/mol. The second-order valence-electron chi connectivity index (χ2n) is 7.12. The van der Waals surface area contributed by atoms with Crippen molar-refractivity contribution in [2.45, 2.75) is 17.9 Å². The van der Waals surface area contributed by atoms with Crippen LogP contribution in [0.2, 0.25) is 5.02 Å². The first kappa shape index (κ1) is 20.4. The number of likely N-dealkylation sites (tertiary alicyclic amines) is 1. The van der Waals surface area contributed by atoms with Crippen molar-refractivity contribution in [2.75, 3.05) is 17.4 Å². The number of anilines is 1. The van der Waals surface area contributed by atoms with Gasteiger partial charge in [-0.2, -0.15) is 0 Å². The number of para-hydroxylation sites is 1. The zero-order chi connectivity index (χ0) is 21.1. The molecule has 0 atom stereocenters. The van der Waals surface area contributed by atoms with Crippen LogP contribution in [0.3, 0.4) is 0 Å². The monoisotopic (exact) mass is 440 g/mol. The van der Waals surface area contributed by atoms with Crippen molar-refractivity contribution in [1.82, 2.24) is 4.90 Å². The average Bonchev–Trinajstić information content (AvgIpc) is 2.72. The average molecular weight is 441 g/mol. The Morgan fingerprint density at radius 1 is 0.933 bits per heavy atom. The van der Waals surface area contributed by atoms with E-state index >= 15 is 0 Å². The van der Waals surface area contributed by atoms with Crippen molar-refractivity contribution in [2.24, 2.45) is 0 Å². The summed E-state index contributed by atoms with van der Waals surface area (Å²) in [5, 5.41) is 0.0872. The molecule has 1 heterocycles. The number of nitrogens with zero attached hydrogens (tertiary/aromatic N) is 2. The van der Waals surface area contributed by atoms with Gasteiger partial charge in [-0.15, -0.1) is 0 Å². The fourth-order valence-electron chi connectivity index (χ4n) is 3.31. The van der Waals surface area contributed by atoms with Crippen LogP contribution in [-0.2, 0) is 16.6 Å². The lowest BCUT2D eigenvalue weighted by Crippen LogP contribution is -2.42. The van der Waals surface area contributed by atoms with Gasteiger partial charge in [-0.3, -0.25) is 9.10 Å². The summed E-state index contributed by atoms with van der Waals surface area (Å²) >= 11 is 6.32. The Balaban J connectivity index is 1.77. The van der Waals surface area contributed by atoms with Gasteiger partial charge in [0, 0.05) is 18.7 Å². The predicted molar refractivity (Wildman–Crippen MR) is 118 cm³/mol. The Morgan fingerprint density at radius 3 is 2.17 bits per heavy atom. The number of rotatable bonds is 6. The highest BCUT2D eigenvalue weighted by Gasteiger charge is 2.30. The molecule has 0 aromatic heterocycles. The van der Waals surface area contributed by atoms with Gasteiger partial charge in [0.05, 0.1) is 17.3 Å². The third-order valence-electron chi connectivity index (χ3n) is 5.10. The molecule has 5 nitrogen and oxygen atoms in total. The molecule has 0 unspecified atom stereocenters. The van der Waals surface area contributed by atoms with Crippen LogP contribution in [0.15, 0.2) is 83.8 Å². The fourth-order valence-corrected chi connectivity index (χ4v) is 5.27. The van der Waals surface area contributed by atoms with Crippen molar-refractivity contribution >= 4 is 33.2 Å². The Hall–Kier alpha value is -2.83. The summed E-state index contributed by atoms with van der Waals surface area (Å²) < 4.78 is 28.7. The normalized spacial score (nSPS) is 13.6. The first-order valence-electron chi connectivity index (χ1n) is 9.67. The van der Waals surface area contributed by atoms with E-state index in [0.29, 0.717) is 24.3 Å². The molecule has 0 N–H and O–H groups in total. The summed E-state index contributed by atoms with van der Waals surface area (Å²) in [5.41, 5.74) is 1.69. The van der Waals surface area contributed by atoms with E-state index in [1.807, 2.05) is 36.4 Å². The molecule has 0 bridgehead atoms. The second kappa shape index (κ2) is 8.50. The van der Waals surface area contributed by atoms with E-state index in [-0.39, 0.29) is 22.4 Å². The Kier molecular flexibility index (Phi) is 5.79. The van der Waals surface area contributed by atoms with Crippen LogP contribution < -0.4 is 4.31 Å². The number of hydrogen-bond donors (Lipinski definition) is 0. The summed E-state index contributed by atoms with van der Waals surface area (Å²) in [7, 11) is -4.02. The Labute approximate surface area is 181 Å². The van der Waals surface area contributed by atoms with Gasteiger partial charge in [-0.05, 0) is 42.3 Å². The van der Waals surface area contributed by atoms with Crippen LogP contribution in [0.25, 0.3) is 0 Å². The van der Waals surface area contributed by atoms with Gasteiger partial charge in [0.15, 0.2) is 0 Å². The summed E-state index contributed by atoms with van der Waals surface area (Å²) in [6.45, 7) is 1.52. The molecule has 3 aromatic rings. The van der Waals surface area contributed by atoms with Gasteiger partial charge in [0.25, 0.3) is 15.9 Å². The smallest absolute Gasteiger partial charge is 0.266 e. The lowest BCUT2D eigenvalue weighted by molar-refractivity contribution is 0.0651. The minimum absolute atomic E-state index is 0.0738. The molecule has 1 saturated heterocycles. The predicted octanol–water partition coefficient (Wildman–Crippen LogP) is 4.58. The van der Waals surface area contributed by atoms with E-state index in [1.54, 1.807) is 35.2 Å². The van der Waals surface area contributed by atoms with Crippen molar-refractivity contribution < 1.29 is 13.2 Å². The van der Waals surface area contributed by atoms with E-state index in [0.717, 1.165) is 12.0 Å². The lowest BCUT2D eigenvalue weighted by atomic mass is 10.1. The molecule has 4 rings (SSSR count). The number of amides is 1. The number of carbonyl (C=O) groups is 1. The third kappa shape index (κ3) is 4.06. The maximum absolute atomic E-state index is 13.7. The molecule has 1 aliphatic rings. The molecule has 0 saturated carbocycles. The molecule has 1 fully saturated rings. The molecule has 0 aliphatic carbocycles. The van der Waals surface area contributed by atoms with Crippen molar-refractivity contribution in [3.8, 4) is 0 Å². The minimum Gasteiger partial charge on any atom is -0.339 e. The Bertz CT molecular complexity index is 1150. The molecule has 3 aromatic carbocycles. The summed E-state index contributed by atoms with van der Waals surface area (Å²) in [6.07, 6.45) is 0.962. The van der Waals surface area contributed by atoms with E-state index in [2.05, 4.69) is 0 Å². The number of carbonyl (C=O) groups excluding carboxylic acids is 1. The SMILES string of the molecule is O=C(c1ccc(Cl)c(S(=O)(=O)N(Cc2ccccc2)c2ccccc2)c1)N1CCC1. The number of sulfonamides is 1. The second-order valence-corrected chi connectivity index (χ2v) is 9.36. The van der Waals surface area contributed by atoms with Crippen molar-refractivity contribution in [1.29, 1.82) is 0 Å². The summed E-state index contributed by atoms with van der Waals surface area (Å²) in [5.74, 6) is -0.177. The van der Waals surface area contributed by atoms with Crippen LogP contribution >= 0.6 is 11.6 Å². The first-order chi connectivity index (χ1) is 14.5. The molecule has 1 amide bonds. The van der Waals surface area contributed by atoms with E-state index < -0.39 is 10.0 Å². The van der Waals surface area contributed by atoms with Crippen molar-refractivity contribution in [3.05, 3.63) is 95.0 Å². The minimum atomic E-state index is -4.02. The summed E-state index contributed by atoms with van der Waals surface area (Å²) in [6, 6.07) is 22.7. The molecular formula is C23H21ClN2O3S. The molecule has 0 spiro atoms. The number of benzene rings is 3. The van der Waals surface area contributed by atoms with Gasteiger partial charge in [-0.1, -0.05) is 60.1 Å². The largest absolute Gasteiger partial charge is 0.339 e. The first-order valence-corrected chi connectivity index (χ1v) is 11.5. The zero-order valence-corrected chi connectivity index (χ0v) is 17.8. The summed E-state index contributed by atoms with van der Waals surface area (Å²) in [4.78, 5) is 14.2. The van der Waals surface area contributed by atoms with Gasteiger partial charge in [0.1, 0.15) is 4.90 Å². The third-order valence-corrected chi connectivity index (χ3v) is 7.36. The van der Waals surface area contributed by atoms with E-state index in [4.69, 9.17) is 11.6 Å². The van der Waals surface area contributed by atoms with Crippen LogP contribution in [0, 0.1) is 0 Å². The van der Waals surface area contributed by atoms with Crippen molar-refractivity contribution in [3.63, 3.8) is 0 Å². The van der Waals surface area contributed by atoms with Crippen LogP contribution in [0.5, 0.6) is 0 Å². The van der Waals surface area contributed by atoms with E-state index in [9.17, 15) is 13.2 Å². The molecule has 1 aliphatic heterocycles. The molecule has 0 radical (unpaired) electrons. The Morgan fingerprint density at radius 2 is 1.57 bits per heavy atom. The van der Waals surface area contributed by atoms with Gasteiger partial charge >= 0.3 is 0 Å². The van der Waals surface area contributed by atoms with Gasteiger partial charge < -0.3 is 4.90 Å². The lowest BCUT2D eigenvalue weighted by Gasteiger charge is -2.31. The highest BCUT2D eigenvalue weighted by molar-refractivity contribution is 7.93. The quantitative estimate of drug-likeness (QED) is 0.563. The highest BCUT2D eigenvalue weighted by Crippen LogP contribution is 2.31. The number of hydrogen-bond acceptors (Lipinski definition) is 3. The van der Waals surface area contributed by atoms with Gasteiger partial charge in [-0.25, -0.2) is 8.42 Å². The maximum atomic E-state index is 13.7. The molecule has 154 valence electrons. The molecule has 7 heteroatoms. The van der Waals surface area contributed by atoms with E-state index in [1.165, 1.54) is 16.4 Å². The standard InChI is InChI=1S/C23H21ClN2O3S/c24-21-13-12-19(23(27)25-14-7-15-25)16-22(21)30(28,29)26(20-10-5-2-6-11-20)17-18-8-3-1-4-9-18/h1-6,8-13,16H,7,14-15,17H2. The fraction of sp³-hybridized carbons (Fsp3) is 0.174. The molecule has 30 heavy (non-hydrogen) atoms. The zero-order valence-electron chi connectivity index (χ0n) is 16.2. The number of halogens is 1. The van der Waals surface area contributed by atoms with Crippen LogP contribution in [-0.4, -0.2) is 32.3 Å².